The zero-order chi connectivity index (χ0) is 15.5. The molecule has 2 rings (SSSR count). The lowest BCUT2D eigenvalue weighted by molar-refractivity contribution is 0.239. The highest BCUT2D eigenvalue weighted by Gasteiger charge is 2.24. The third-order valence-electron chi connectivity index (χ3n) is 3.61. The van der Waals surface area contributed by atoms with Gasteiger partial charge in [0.25, 0.3) is 0 Å². The summed E-state index contributed by atoms with van der Waals surface area (Å²) in [5, 5.41) is 13.9. The van der Waals surface area contributed by atoms with Gasteiger partial charge < -0.3 is 15.0 Å². The molecule has 2 aromatic rings. The highest BCUT2D eigenvalue weighted by Crippen LogP contribution is 2.28. The maximum atomic E-state index is 9.98. The molecule has 1 unspecified atom stereocenters. The normalized spacial score (nSPS) is 13.3. The summed E-state index contributed by atoms with van der Waals surface area (Å²) in [7, 11) is 0. The van der Waals surface area contributed by atoms with Crippen molar-refractivity contribution in [3.8, 4) is 5.75 Å². The molecular weight excluding hydrogens is 286 g/mol. The summed E-state index contributed by atoms with van der Waals surface area (Å²) in [5.41, 5.74) is 0.890. The highest BCUT2D eigenvalue weighted by molar-refractivity contribution is 6.32. The zero-order valence-electron chi connectivity index (χ0n) is 12.7. The van der Waals surface area contributed by atoms with E-state index in [2.05, 4.69) is 35.6 Å². The molecule has 1 atom stereocenters. The molecule has 1 heterocycles. The largest absolute Gasteiger partial charge is 0.506 e. The van der Waals surface area contributed by atoms with Crippen LogP contribution in [0.15, 0.2) is 36.9 Å². The van der Waals surface area contributed by atoms with Gasteiger partial charge in [0.2, 0.25) is 0 Å². The van der Waals surface area contributed by atoms with E-state index in [1.54, 1.807) is 12.3 Å². The SMILES string of the molecule is CC(C)(C)C(Cn1ccnc1)NCc1cccc(Cl)c1O. The van der Waals surface area contributed by atoms with Gasteiger partial charge in [-0.1, -0.05) is 44.5 Å². The molecule has 0 saturated carbocycles. The van der Waals surface area contributed by atoms with E-state index in [-0.39, 0.29) is 17.2 Å². The van der Waals surface area contributed by atoms with Crippen molar-refractivity contribution in [2.45, 2.75) is 39.9 Å². The molecule has 5 heteroatoms. The average Bonchev–Trinajstić information content (AvgIpc) is 2.90. The minimum Gasteiger partial charge on any atom is -0.506 e. The van der Waals surface area contributed by atoms with Gasteiger partial charge in [-0.05, 0) is 11.5 Å². The first-order valence-corrected chi connectivity index (χ1v) is 7.41. The molecule has 0 aliphatic rings. The summed E-state index contributed by atoms with van der Waals surface area (Å²) >= 11 is 5.94. The number of rotatable bonds is 5. The number of aromatic nitrogens is 2. The summed E-state index contributed by atoms with van der Waals surface area (Å²) in [6.45, 7) is 7.98. The van der Waals surface area contributed by atoms with Gasteiger partial charge in [0.15, 0.2) is 0 Å². The first-order chi connectivity index (χ1) is 9.88. The molecule has 0 amide bonds. The van der Waals surface area contributed by atoms with Crippen LogP contribution in [0.1, 0.15) is 26.3 Å². The van der Waals surface area contributed by atoms with E-state index in [1.165, 1.54) is 0 Å². The molecule has 2 N–H and O–H groups in total. The van der Waals surface area contributed by atoms with Crippen LogP contribution in [0, 0.1) is 5.41 Å². The molecule has 0 spiro atoms. The molecule has 1 aromatic heterocycles. The van der Waals surface area contributed by atoms with Crippen molar-refractivity contribution < 1.29 is 5.11 Å². The molecule has 0 radical (unpaired) electrons. The van der Waals surface area contributed by atoms with Crippen molar-refractivity contribution in [1.82, 2.24) is 14.9 Å². The van der Waals surface area contributed by atoms with Gasteiger partial charge in [0, 0.05) is 37.1 Å². The van der Waals surface area contributed by atoms with E-state index in [9.17, 15) is 5.11 Å². The number of benzene rings is 1. The van der Waals surface area contributed by atoms with Gasteiger partial charge in [0.05, 0.1) is 11.3 Å². The topological polar surface area (TPSA) is 50.1 Å². The Morgan fingerprint density at radius 1 is 1.38 bits per heavy atom. The maximum Gasteiger partial charge on any atom is 0.138 e. The Balaban J connectivity index is 2.07. The zero-order valence-corrected chi connectivity index (χ0v) is 13.4. The fourth-order valence-electron chi connectivity index (χ4n) is 2.19. The van der Waals surface area contributed by atoms with Crippen molar-refractivity contribution in [3.05, 3.63) is 47.5 Å². The molecule has 4 nitrogen and oxygen atoms in total. The standard InChI is InChI=1S/C16H22ClN3O/c1-16(2,3)14(10-20-8-7-18-11-20)19-9-12-5-4-6-13(17)15(12)21/h4-8,11,14,19,21H,9-10H2,1-3H3. The molecular formula is C16H22ClN3O. The predicted octanol–water partition coefficient (Wildman–Crippen LogP) is 3.45. The van der Waals surface area contributed by atoms with Gasteiger partial charge in [-0.25, -0.2) is 4.98 Å². The molecule has 0 fully saturated rings. The molecule has 0 aliphatic carbocycles. The number of aromatic hydroxyl groups is 1. The van der Waals surface area contributed by atoms with Crippen LogP contribution in [-0.4, -0.2) is 20.7 Å². The van der Waals surface area contributed by atoms with Crippen LogP contribution in [-0.2, 0) is 13.1 Å². The Morgan fingerprint density at radius 3 is 2.76 bits per heavy atom. The number of hydrogen-bond acceptors (Lipinski definition) is 3. The first-order valence-electron chi connectivity index (χ1n) is 7.03. The van der Waals surface area contributed by atoms with Gasteiger partial charge in [-0.2, -0.15) is 0 Å². The van der Waals surface area contributed by atoms with Crippen molar-refractivity contribution in [2.24, 2.45) is 5.41 Å². The fraction of sp³-hybridized carbons (Fsp3) is 0.438. The lowest BCUT2D eigenvalue weighted by atomic mass is 9.86. The van der Waals surface area contributed by atoms with E-state index in [0.717, 1.165) is 12.1 Å². The number of para-hydroxylation sites is 1. The average molecular weight is 308 g/mol. The van der Waals surface area contributed by atoms with Crippen LogP contribution in [0.3, 0.4) is 0 Å². The minimum absolute atomic E-state index is 0.0818. The van der Waals surface area contributed by atoms with E-state index < -0.39 is 0 Å². The second-order valence-corrected chi connectivity index (χ2v) is 6.71. The molecule has 21 heavy (non-hydrogen) atoms. The van der Waals surface area contributed by atoms with Crippen molar-refractivity contribution >= 4 is 11.6 Å². The smallest absolute Gasteiger partial charge is 0.138 e. The number of phenolic OH excluding ortho intramolecular Hbond substituents is 1. The summed E-state index contributed by atoms with van der Waals surface area (Å²) in [6.07, 6.45) is 5.55. The third kappa shape index (κ3) is 4.22. The number of hydrogen-bond donors (Lipinski definition) is 2. The third-order valence-corrected chi connectivity index (χ3v) is 3.91. The summed E-state index contributed by atoms with van der Waals surface area (Å²) in [6, 6.07) is 5.66. The molecule has 0 aliphatic heterocycles. The quantitative estimate of drug-likeness (QED) is 0.889. The van der Waals surface area contributed by atoms with Crippen molar-refractivity contribution in [2.75, 3.05) is 0 Å². The van der Waals surface area contributed by atoms with Gasteiger partial charge in [-0.3, -0.25) is 0 Å². The first kappa shape index (κ1) is 15.9. The van der Waals surface area contributed by atoms with E-state index >= 15 is 0 Å². The van der Waals surface area contributed by atoms with Gasteiger partial charge in [-0.15, -0.1) is 0 Å². The Hall–Kier alpha value is -1.52. The molecule has 0 saturated heterocycles. The van der Waals surface area contributed by atoms with Gasteiger partial charge >= 0.3 is 0 Å². The summed E-state index contributed by atoms with van der Waals surface area (Å²) in [5.74, 6) is 0.155. The van der Waals surface area contributed by atoms with E-state index in [1.807, 2.05) is 24.7 Å². The lowest BCUT2D eigenvalue weighted by Gasteiger charge is -2.32. The second kappa shape index (κ2) is 6.50. The Morgan fingerprint density at radius 2 is 2.14 bits per heavy atom. The lowest BCUT2D eigenvalue weighted by Crippen LogP contribution is -2.43. The maximum absolute atomic E-state index is 9.98. The number of phenols is 1. The van der Waals surface area contributed by atoms with Gasteiger partial charge in [0.1, 0.15) is 5.75 Å². The Bertz CT molecular complexity index is 576. The number of imidazole rings is 1. The number of halogens is 1. The van der Waals surface area contributed by atoms with Crippen LogP contribution >= 0.6 is 11.6 Å². The summed E-state index contributed by atoms with van der Waals surface area (Å²) < 4.78 is 2.06. The van der Waals surface area contributed by atoms with Crippen LogP contribution < -0.4 is 5.32 Å². The molecule has 1 aromatic carbocycles. The Labute approximate surface area is 130 Å². The van der Waals surface area contributed by atoms with E-state index in [0.29, 0.717) is 11.6 Å². The van der Waals surface area contributed by atoms with Crippen molar-refractivity contribution in [3.63, 3.8) is 0 Å². The van der Waals surface area contributed by atoms with Crippen LogP contribution in [0.4, 0.5) is 0 Å². The van der Waals surface area contributed by atoms with E-state index in [4.69, 9.17) is 11.6 Å². The fourth-order valence-corrected chi connectivity index (χ4v) is 2.38. The Kier molecular flexibility index (Phi) is 4.91. The predicted molar refractivity (Wildman–Crippen MR) is 85.4 cm³/mol. The monoisotopic (exact) mass is 307 g/mol. The minimum atomic E-state index is 0.0818. The molecule has 114 valence electrons. The van der Waals surface area contributed by atoms with Crippen LogP contribution in [0.5, 0.6) is 5.75 Å². The summed E-state index contributed by atoms with van der Waals surface area (Å²) in [4.78, 5) is 4.08. The van der Waals surface area contributed by atoms with Crippen LogP contribution in [0.25, 0.3) is 0 Å². The van der Waals surface area contributed by atoms with Crippen LogP contribution in [0.2, 0.25) is 5.02 Å². The second-order valence-electron chi connectivity index (χ2n) is 6.31. The number of nitrogens with zero attached hydrogens (tertiary/aromatic N) is 2. The van der Waals surface area contributed by atoms with Crippen molar-refractivity contribution in [1.29, 1.82) is 0 Å². The molecule has 0 bridgehead atoms. The number of nitrogens with one attached hydrogen (secondary N) is 1. The highest BCUT2D eigenvalue weighted by atomic mass is 35.5.